The first-order valence-electron chi connectivity index (χ1n) is 9.08. The number of benzene rings is 1. The van der Waals surface area contributed by atoms with Gasteiger partial charge in [0, 0.05) is 40.6 Å². The average Bonchev–Trinajstić information content (AvgIpc) is 2.93. The SMILES string of the molecule is CCCn1c(C)c(C(=O)C2=CC=C[C@@H]3C=CC=CC23)c2ccccc21. The molecule has 2 aliphatic carbocycles. The molecule has 0 radical (unpaired) electrons. The Balaban J connectivity index is 1.85. The topological polar surface area (TPSA) is 22.0 Å². The number of aromatic nitrogens is 1. The molecule has 1 unspecified atom stereocenters. The molecule has 1 aromatic heterocycles. The highest BCUT2D eigenvalue weighted by atomic mass is 16.1. The van der Waals surface area contributed by atoms with Gasteiger partial charge >= 0.3 is 0 Å². The Bertz CT molecular complexity index is 952. The van der Waals surface area contributed by atoms with Gasteiger partial charge in [-0.1, -0.05) is 67.7 Å². The fourth-order valence-corrected chi connectivity index (χ4v) is 4.12. The van der Waals surface area contributed by atoms with Crippen LogP contribution < -0.4 is 0 Å². The van der Waals surface area contributed by atoms with Gasteiger partial charge in [-0.05, 0) is 19.4 Å². The molecule has 126 valence electrons. The molecule has 0 bridgehead atoms. The van der Waals surface area contributed by atoms with E-state index in [0.29, 0.717) is 5.92 Å². The molecule has 25 heavy (non-hydrogen) atoms. The maximum Gasteiger partial charge on any atom is 0.192 e. The zero-order chi connectivity index (χ0) is 17.4. The smallest absolute Gasteiger partial charge is 0.192 e. The Morgan fingerprint density at radius 1 is 1.08 bits per heavy atom. The standard InChI is InChI=1S/C23H23NO/c1-3-15-24-16(2)22(20-12-6-7-14-21(20)24)23(25)19-13-8-10-17-9-4-5-11-18(17)19/h4-14,17-18H,3,15H2,1-2H3/t17-,18?/m0/s1. The van der Waals surface area contributed by atoms with Gasteiger partial charge in [-0.2, -0.15) is 0 Å². The third kappa shape index (κ3) is 2.53. The number of ketones is 1. The maximum atomic E-state index is 13.5. The lowest BCUT2D eigenvalue weighted by molar-refractivity contribution is 0.102. The van der Waals surface area contributed by atoms with E-state index < -0.39 is 0 Å². The van der Waals surface area contributed by atoms with Crippen molar-refractivity contribution in [3.05, 3.63) is 83.6 Å². The van der Waals surface area contributed by atoms with E-state index in [1.165, 1.54) is 0 Å². The van der Waals surface area contributed by atoms with Crippen molar-refractivity contribution in [3.8, 4) is 0 Å². The molecule has 0 saturated carbocycles. The molecule has 0 amide bonds. The molecule has 2 atom stereocenters. The average molecular weight is 329 g/mol. The summed E-state index contributed by atoms with van der Waals surface area (Å²) in [6.45, 7) is 5.19. The van der Waals surface area contributed by atoms with Crippen molar-refractivity contribution in [2.75, 3.05) is 0 Å². The van der Waals surface area contributed by atoms with Gasteiger partial charge in [-0.3, -0.25) is 4.79 Å². The van der Waals surface area contributed by atoms with E-state index in [0.717, 1.165) is 40.7 Å². The van der Waals surface area contributed by atoms with Crippen LogP contribution in [0.3, 0.4) is 0 Å². The van der Waals surface area contributed by atoms with Crippen molar-refractivity contribution in [3.63, 3.8) is 0 Å². The van der Waals surface area contributed by atoms with E-state index in [1.54, 1.807) is 0 Å². The van der Waals surface area contributed by atoms with Crippen molar-refractivity contribution in [2.24, 2.45) is 11.8 Å². The lowest BCUT2D eigenvalue weighted by atomic mass is 9.77. The Hall–Kier alpha value is -2.61. The highest BCUT2D eigenvalue weighted by Gasteiger charge is 2.30. The van der Waals surface area contributed by atoms with Gasteiger partial charge in [-0.25, -0.2) is 0 Å². The van der Waals surface area contributed by atoms with Crippen molar-refractivity contribution < 1.29 is 4.79 Å². The van der Waals surface area contributed by atoms with Crippen LogP contribution in [0.2, 0.25) is 0 Å². The van der Waals surface area contributed by atoms with Crippen LogP contribution in [0.25, 0.3) is 10.9 Å². The summed E-state index contributed by atoms with van der Waals surface area (Å²) in [4.78, 5) is 13.5. The van der Waals surface area contributed by atoms with Gasteiger partial charge in [0.05, 0.1) is 5.56 Å². The predicted molar refractivity (Wildman–Crippen MR) is 104 cm³/mol. The molecule has 0 N–H and O–H groups in total. The van der Waals surface area contributed by atoms with E-state index in [1.807, 2.05) is 18.2 Å². The van der Waals surface area contributed by atoms with Crippen LogP contribution in [0.15, 0.2) is 72.4 Å². The monoisotopic (exact) mass is 329 g/mol. The number of aryl methyl sites for hydroxylation is 1. The molecular weight excluding hydrogens is 306 g/mol. The Labute approximate surface area is 148 Å². The van der Waals surface area contributed by atoms with Crippen LogP contribution in [0.1, 0.15) is 29.4 Å². The molecule has 2 aliphatic rings. The van der Waals surface area contributed by atoms with Crippen molar-refractivity contribution in [1.29, 1.82) is 0 Å². The molecule has 0 aliphatic heterocycles. The molecule has 0 spiro atoms. The molecular formula is C23H23NO. The quantitative estimate of drug-likeness (QED) is 0.689. The molecule has 1 heterocycles. The zero-order valence-electron chi connectivity index (χ0n) is 14.8. The number of rotatable bonds is 4. The van der Waals surface area contributed by atoms with Crippen LogP contribution in [0.5, 0.6) is 0 Å². The highest BCUT2D eigenvalue weighted by molar-refractivity contribution is 6.18. The number of carbonyl (C=O) groups excluding carboxylic acids is 1. The molecule has 1 aromatic carbocycles. The van der Waals surface area contributed by atoms with E-state index in [2.05, 4.69) is 67.0 Å². The van der Waals surface area contributed by atoms with Gasteiger partial charge in [0.2, 0.25) is 0 Å². The van der Waals surface area contributed by atoms with E-state index in [4.69, 9.17) is 0 Å². The largest absolute Gasteiger partial charge is 0.344 e. The number of fused-ring (bicyclic) bond motifs is 2. The Morgan fingerprint density at radius 3 is 2.68 bits per heavy atom. The summed E-state index contributed by atoms with van der Waals surface area (Å²) >= 11 is 0. The summed E-state index contributed by atoms with van der Waals surface area (Å²) < 4.78 is 2.29. The number of Topliss-reactive ketones (excluding diaryl/α,β-unsaturated/α-hetero) is 1. The van der Waals surface area contributed by atoms with Crippen molar-refractivity contribution in [2.45, 2.75) is 26.8 Å². The van der Waals surface area contributed by atoms with E-state index in [9.17, 15) is 4.79 Å². The summed E-state index contributed by atoms with van der Waals surface area (Å²) in [5, 5.41) is 1.07. The third-order valence-corrected chi connectivity index (χ3v) is 5.31. The summed E-state index contributed by atoms with van der Waals surface area (Å²) in [6, 6.07) is 8.27. The molecule has 0 fully saturated rings. The lowest BCUT2D eigenvalue weighted by Gasteiger charge is -2.26. The van der Waals surface area contributed by atoms with E-state index in [-0.39, 0.29) is 11.7 Å². The minimum Gasteiger partial charge on any atom is -0.344 e. The fraction of sp³-hybridized carbons (Fsp3) is 0.261. The van der Waals surface area contributed by atoms with E-state index >= 15 is 0 Å². The third-order valence-electron chi connectivity index (χ3n) is 5.31. The molecule has 4 rings (SSSR count). The van der Waals surface area contributed by atoms with Gasteiger partial charge < -0.3 is 4.57 Å². The first-order valence-corrected chi connectivity index (χ1v) is 9.08. The minimum atomic E-state index is 0.148. The van der Waals surface area contributed by atoms with Crippen LogP contribution >= 0.6 is 0 Å². The molecule has 2 aromatic rings. The first kappa shape index (κ1) is 15.9. The van der Waals surface area contributed by atoms with Crippen LogP contribution in [0, 0.1) is 18.8 Å². The summed E-state index contributed by atoms with van der Waals surface area (Å²) in [6.07, 6.45) is 15.7. The number of nitrogens with zero attached hydrogens (tertiary/aromatic N) is 1. The summed E-state index contributed by atoms with van der Waals surface area (Å²) in [5.74, 6) is 0.608. The van der Waals surface area contributed by atoms with Crippen molar-refractivity contribution >= 4 is 16.7 Å². The fourth-order valence-electron chi connectivity index (χ4n) is 4.12. The molecule has 2 heteroatoms. The van der Waals surface area contributed by atoms with Crippen molar-refractivity contribution in [1.82, 2.24) is 4.57 Å². The van der Waals surface area contributed by atoms with Gasteiger partial charge in [0.25, 0.3) is 0 Å². The number of hydrogen-bond donors (Lipinski definition) is 0. The highest BCUT2D eigenvalue weighted by Crippen LogP contribution is 2.36. The number of hydrogen-bond acceptors (Lipinski definition) is 1. The van der Waals surface area contributed by atoms with Crippen LogP contribution in [-0.4, -0.2) is 10.4 Å². The normalized spacial score (nSPS) is 21.4. The second-order valence-electron chi connectivity index (χ2n) is 6.84. The Kier molecular flexibility index (Phi) is 4.04. The minimum absolute atomic E-state index is 0.148. The molecule has 2 nitrogen and oxygen atoms in total. The van der Waals surface area contributed by atoms with Crippen LogP contribution in [0.4, 0.5) is 0 Å². The number of para-hydroxylation sites is 1. The van der Waals surface area contributed by atoms with Gasteiger partial charge in [-0.15, -0.1) is 0 Å². The lowest BCUT2D eigenvalue weighted by Crippen LogP contribution is -2.21. The maximum absolute atomic E-state index is 13.5. The number of carbonyl (C=O) groups is 1. The van der Waals surface area contributed by atoms with Gasteiger partial charge in [0.15, 0.2) is 5.78 Å². The first-order chi connectivity index (χ1) is 12.2. The number of allylic oxidation sites excluding steroid dienone is 8. The predicted octanol–water partition coefficient (Wildman–Crippen LogP) is 5.40. The van der Waals surface area contributed by atoms with Crippen LogP contribution in [-0.2, 0) is 6.54 Å². The second-order valence-corrected chi connectivity index (χ2v) is 6.84. The van der Waals surface area contributed by atoms with Gasteiger partial charge in [0.1, 0.15) is 0 Å². The molecule has 0 saturated heterocycles. The second kappa shape index (κ2) is 6.36. The zero-order valence-corrected chi connectivity index (χ0v) is 14.8. The Morgan fingerprint density at radius 2 is 1.84 bits per heavy atom. The summed E-state index contributed by atoms with van der Waals surface area (Å²) in [5.41, 5.74) is 4.01. The summed E-state index contributed by atoms with van der Waals surface area (Å²) in [7, 11) is 0.